The molecule has 0 bridgehead atoms. The molecule has 186 valence electrons. The summed E-state index contributed by atoms with van der Waals surface area (Å²) < 4.78 is 39.7. The zero-order chi connectivity index (χ0) is 25.6. The third-order valence-electron chi connectivity index (χ3n) is 5.98. The summed E-state index contributed by atoms with van der Waals surface area (Å²) in [7, 11) is -2.58. The van der Waals surface area contributed by atoms with Crippen LogP contribution in [0.3, 0.4) is 0 Å². The Balaban J connectivity index is 2.00. The third-order valence-corrected chi connectivity index (χ3v) is 7.68. The van der Waals surface area contributed by atoms with Crippen LogP contribution in [0.5, 0.6) is 5.75 Å². The Hall–Kier alpha value is -3.39. The van der Waals surface area contributed by atoms with E-state index in [4.69, 9.17) is 9.47 Å². The molecule has 0 spiro atoms. The van der Waals surface area contributed by atoms with Crippen LogP contribution in [0.15, 0.2) is 65.8 Å². The molecular weight excluding hydrogens is 464 g/mol. The SMILES string of the molecule is CC[C@H](C)CN(c1cc(C)c(C)cc1OCc1ccc(C(=O)OC)cc1)S(=O)(=O)c1ccccn1. The van der Waals surface area contributed by atoms with Crippen LogP contribution >= 0.6 is 0 Å². The Morgan fingerprint density at radius 2 is 1.74 bits per heavy atom. The number of anilines is 1. The lowest BCUT2D eigenvalue weighted by atomic mass is 10.1. The van der Waals surface area contributed by atoms with Crippen LogP contribution < -0.4 is 9.04 Å². The number of carbonyl (C=O) groups excluding carboxylic acids is 1. The molecule has 0 aliphatic rings. The number of benzene rings is 2. The summed E-state index contributed by atoms with van der Waals surface area (Å²) in [6.07, 6.45) is 2.30. The molecule has 0 amide bonds. The van der Waals surface area contributed by atoms with Crippen LogP contribution in [-0.2, 0) is 21.4 Å². The van der Waals surface area contributed by atoms with Crippen molar-refractivity contribution >= 4 is 21.7 Å². The highest BCUT2D eigenvalue weighted by Gasteiger charge is 2.30. The van der Waals surface area contributed by atoms with Gasteiger partial charge < -0.3 is 9.47 Å². The molecular formula is C27H32N2O5S. The monoisotopic (exact) mass is 496 g/mol. The fourth-order valence-corrected chi connectivity index (χ4v) is 4.97. The summed E-state index contributed by atoms with van der Waals surface area (Å²) in [5.74, 6) is 0.177. The van der Waals surface area contributed by atoms with Crippen molar-refractivity contribution in [1.82, 2.24) is 4.98 Å². The summed E-state index contributed by atoms with van der Waals surface area (Å²) >= 11 is 0. The highest BCUT2D eigenvalue weighted by Crippen LogP contribution is 2.36. The highest BCUT2D eigenvalue weighted by molar-refractivity contribution is 7.92. The summed E-state index contributed by atoms with van der Waals surface area (Å²) in [4.78, 5) is 15.8. The molecule has 7 nitrogen and oxygen atoms in total. The molecule has 0 saturated heterocycles. The fourth-order valence-electron chi connectivity index (χ4n) is 3.45. The molecule has 3 rings (SSSR count). The van der Waals surface area contributed by atoms with Crippen LogP contribution in [0.25, 0.3) is 0 Å². The number of esters is 1. The van der Waals surface area contributed by atoms with Crippen LogP contribution in [-0.4, -0.2) is 33.0 Å². The second-order valence-corrected chi connectivity index (χ2v) is 10.4. The van der Waals surface area contributed by atoms with E-state index in [1.54, 1.807) is 36.4 Å². The van der Waals surface area contributed by atoms with Gasteiger partial charge in [-0.05, 0) is 72.9 Å². The van der Waals surface area contributed by atoms with Gasteiger partial charge in [-0.2, -0.15) is 8.42 Å². The van der Waals surface area contributed by atoms with Gasteiger partial charge in [-0.25, -0.2) is 9.78 Å². The van der Waals surface area contributed by atoms with E-state index in [1.165, 1.54) is 23.7 Å². The molecule has 0 saturated carbocycles. The minimum atomic E-state index is -3.92. The van der Waals surface area contributed by atoms with Crippen molar-refractivity contribution in [2.45, 2.75) is 45.7 Å². The van der Waals surface area contributed by atoms with E-state index in [0.717, 1.165) is 23.1 Å². The first-order valence-electron chi connectivity index (χ1n) is 11.5. The van der Waals surface area contributed by atoms with Crippen molar-refractivity contribution < 1.29 is 22.7 Å². The van der Waals surface area contributed by atoms with Gasteiger partial charge in [-0.3, -0.25) is 4.31 Å². The summed E-state index contributed by atoms with van der Waals surface area (Å²) in [6.45, 7) is 8.46. The Labute approximate surface area is 207 Å². The first kappa shape index (κ1) is 26.2. The van der Waals surface area contributed by atoms with Crippen molar-refractivity contribution in [3.05, 3.63) is 83.0 Å². The molecule has 1 atom stereocenters. The number of rotatable bonds is 10. The average Bonchev–Trinajstić information content (AvgIpc) is 2.87. The van der Waals surface area contributed by atoms with Gasteiger partial charge in [0.25, 0.3) is 10.0 Å². The third kappa shape index (κ3) is 6.19. The number of aryl methyl sites for hydroxylation is 2. The highest BCUT2D eigenvalue weighted by atomic mass is 32.2. The summed E-state index contributed by atoms with van der Waals surface area (Å²) in [5.41, 5.74) is 3.71. The number of aromatic nitrogens is 1. The molecule has 1 heterocycles. The Morgan fingerprint density at radius 3 is 2.34 bits per heavy atom. The topological polar surface area (TPSA) is 85.8 Å². The van der Waals surface area contributed by atoms with Gasteiger partial charge in [0.2, 0.25) is 0 Å². The van der Waals surface area contributed by atoms with E-state index in [1.807, 2.05) is 39.8 Å². The van der Waals surface area contributed by atoms with Gasteiger partial charge in [0.05, 0.1) is 18.4 Å². The maximum Gasteiger partial charge on any atom is 0.337 e. The van der Waals surface area contributed by atoms with Crippen molar-refractivity contribution in [3.8, 4) is 5.75 Å². The lowest BCUT2D eigenvalue weighted by molar-refractivity contribution is 0.0600. The van der Waals surface area contributed by atoms with Crippen LogP contribution in [0.4, 0.5) is 5.69 Å². The number of methoxy groups -OCH3 is 1. The van der Waals surface area contributed by atoms with Gasteiger partial charge in [-0.1, -0.05) is 38.5 Å². The van der Waals surface area contributed by atoms with Crippen LogP contribution in [0, 0.1) is 19.8 Å². The second kappa shape index (κ2) is 11.4. The minimum absolute atomic E-state index is 0.00844. The smallest absolute Gasteiger partial charge is 0.337 e. The normalized spacial score (nSPS) is 12.1. The molecule has 0 aliphatic carbocycles. The first-order valence-corrected chi connectivity index (χ1v) is 13.0. The van der Waals surface area contributed by atoms with E-state index in [9.17, 15) is 13.2 Å². The second-order valence-electron chi connectivity index (χ2n) is 8.60. The number of hydrogen-bond acceptors (Lipinski definition) is 6. The molecule has 0 fully saturated rings. The number of nitrogens with zero attached hydrogens (tertiary/aromatic N) is 2. The average molecular weight is 497 g/mol. The Kier molecular flexibility index (Phi) is 8.51. The number of pyridine rings is 1. The molecule has 0 unspecified atom stereocenters. The molecule has 35 heavy (non-hydrogen) atoms. The van der Waals surface area contributed by atoms with Crippen molar-refractivity contribution in [2.75, 3.05) is 18.0 Å². The standard InChI is InChI=1S/C27H32N2O5S/c1-6-19(2)17-29(35(31,32)26-9-7-8-14-28-26)24-15-20(3)21(4)16-25(24)34-18-22-10-12-23(13-11-22)27(30)33-5/h7-16,19H,6,17-18H2,1-5H3/t19-/m0/s1. The van der Waals surface area contributed by atoms with Crippen LogP contribution in [0.1, 0.15) is 47.3 Å². The van der Waals surface area contributed by atoms with E-state index in [0.29, 0.717) is 23.5 Å². The van der Waals surface area contributed by atoms with Crippen molar-refractivity contribution in [2.24, 2.45) is 5.92 Å². The lowest BCUT2D eigenvalue weighted by Crippen LogP contribution is -2.35. The maximum absolute atomic E-state index is 13.7. The van der Waals surface area contributed by atoms with Crippen molar-refractivity contribution in [1.29, 1.82) is 0 Å². The Bertz CT molecular complexity index is 1260. The molecule has 0 radical (unpaired) electrons. The van der Waals surface area contributed by atoms with E-state index < -0.39 is 16.0 Å². The molecule has 1 aromatic heterocycles. The minimum Gasteiger partial charge on any atom is -0.487 e. The van der Waals surface area contributed by atoms with Gasteiger partial charge in [0.1, 0.15) is 12.4 Å². The number of ether oxygens (including phenoxy) is 2. The molecule has 3 aromatic rings. The van der Waals surface area contributed by atoms with Crippen molar-refractivity contribution in [3.63, 3.8) is 0 Å². The largest absolute Gasteiger partial charge is 0.487 e. The molecule has 0 N–H and O–H groups in total. The Morgan fingerprint density at radius 1 is 1.06 bits per heavy atom. The van der Waals surface area contributed by atoms with Gasteiger partial charge in [-0.15, -0.1) is 0 Å². The quantitative estimate of drug-likeness (QED) is 0.354. The van der Waals surface area contributed by atoms with Gasteiger partial charge in [0.15, 0.2) is 5.03 Å². The fraction of sp³-hybridized carbons (Fsp3) is 0.333. The van der Waals surface area contributed by atoms with Crippen LogP contribution in [0.2, 0.25) is 0 Å². The summed E-state index contributed by atoms with van der Waals surface area (Å²) in [6, 6.07) is 15.5. The number of hydrogen-bond donors (Lipinski definition) is 0. The van der Waals surface area contributed by atoms with Gasteiger partial charge >= 0.3 is 5.97 Å². The predicted octanol–water partition coefficient (Wildman–Crippen LogP) is 5.31. The van der Waals surface area contributed by atoms with E-state index in [2.05, 4.69) is 4.98 Å². The number of carbonyl (C=O) groups is 1. The first-order chi connectivity index (χ1) is 16.7. The van der Waals surface area contributed by atoms with E-state index in [-0.39, 0.29) is 17.6 Å². The predicted molar refractivity (Wildman–Crippen MR) is 136 cm³/mol. The maximum atomic E-state index is 13.7. The zero-order valence-electron chi connectivity index (χ0n) is 20.8. The number of sulfonamides is 1. The van der Waals surface area contributed by atoms with Gasteiger partial charge in [0, 0.05) is 12.7 Å². The zero-order valence-corrected chi connectivity index (χ0v) is 21.6. The molecule has 2 aromatic carbocycles. The molecule has 0 aliphatic heterocycles. The summed E-state index contributed by atoms with van der Waals surface area (Å²) in [5, 5.41) is -0.00844. The lowest BCUT2D eigenvalue weighted by Gasteiger charge is -2.29. The van der Waals surface area contributed by atoms with E-state index >= 15 is 0 Å². The molecule has 8 heteroatoms.